The van der Waals surface area contributed by atoms with Gasteiger partial charge in [0.1, 0.15) is 6.54 Å². The maximum atomic E-state index is 11.4. The molecule has 0 spiro atoms. The minimum atomic E-state index is -0.558. The Morgan fingerprint density at radius 3 is 1.91 bits per heavy atom. The fraction of sp³-hybridized carbons (Fsp3) is 0.882. The van der Waals surface area contributed by atoms with Gasteiger partial charge in [-0.25, -0.2) is 4.79 Å². The second-order valence-corrected chi connectivity index (χ2v) is 5.54. The van der Waals surface area contributed by atoms with Crippen LogP contribution in [0, 0.1) is 0 Å². The van der Waals surface area contributed by atoms with Gasteiger partial charge in [0.25, 0.3) is 0 Å². The highest BCUT2D eigenvalue weighted by atomic mass is 16.6. The number of rotatable bonds is 14. The normalized spacial score (nSPS) is 10.3. The SMILES string of the molecule is CCCCCCCCCCOC(=O)CNC(=O)OCCCC. The number of hydrogen-bond acceptors (Lipinski definition) is 4. The van der Waals surface area contributed by atoms with Crippen LogP contribution in [0.3, 0.4) is 0 Å². The first-order chi connectivity index (χ1) is 10.7. The van der Waals surface area contributed by atoms with Crippen LogP contribution in [0.25, 0.3) is 0 Å². The smallest absolute Gasteiger partial charge is 0.407 e. The van der Waals surface area contributed by atoms with E-state index < -0.39 is 12.1 Å². The van der Waals surface area contributed by atoms with Crippen molar-refractivity contribution in [3.63, 3.8) is 0 Å². The summed E-state index contributed by atoms with van der Waals surface area (Å²) in [4.78, 5) is 22.6. The van der Waals surface area contributed by atoms with Crippen molar-refractivity contribution < 1.29 is 19.1 Å². The number of hydrogen-bond donors (Lipinski definition) is 1. The van der Waals surface area contributed by atoms with Gasteiger partial charge >= 0.3 is 12.1 Å². The van der Waals surface area contributed by atoms with Gasteiger partial charge in [-0.2, -0.15) is 0 Å². The Hall–Kier alpha value is -1.26. The number of nitrogens with one attached hydrogen (secondary N) is 1. The van der Waals surface area contributed by atoms with Crippen molar-refractivity contribution in [2.75, 3.05) is 19.8 Å². The zero-order valence-electron chi connectivity index (χ0n) is 14.3. The van der Waals surface area contributed by atoms with E-state index in [1.54, 1.807) is 0 Å². The van der Waals surface area contributed by atoms with Gasteiger partial charge in [-0.15, -0.1) is 0 Å². The molecule has 0 aromatic carbocycles. The Balaban J connectivity index is 3.30. The Kier molecular flexibility index (Phi) is 15.2. The highest BCUT2D eigenvalue weighted by Gasteiger charge is 2.06. The zero-order chi connectivity index (χ0) is 16.5. The summed E-state index contributed by atoms with van der Waals surface area (Å²) in [7, 11) is 0. The molecule has 0 atom stereocenters. The molecule has 130 valence electrons. The Labute approximate surface area is 135 Å². The van der Waals surface area contributed by atoms with Gasteiger partial charge in [-0.05, 0) is 12.8 Å². The first-order valence-corrected chi connectivity index (χ1v) is 8.77. The second-order valence-electron chi connectivity index (χ2n) is 5.54. The maximum absolute atomic E-state index is 11.4. The summed E-state index contributed by atoms with van der Waals surface area (Å²) in [6.45, 7) is 4.93. The van der Waals surface area contributed by atoms with Crippen LogP contribution in [0.5, 0.6) is 0 Å². The zero-order valence-corrected chi connectivity index (χ0v) is 14.3. The predicted molar refractivity (Wildman–Crippen MR) is 87.8 cm³/mol. The van der Waals surface area contributed by atoms with Crippen molar-refractivity contribution in [3.05, 3.63) is 0 Å². The Morgan fingerprint density at radius 1 is 0.727 bits per heavy atom. The molecular weight excluding hydrogens is 282 g/mol. The van der Waals surface area contributed by atoms with Crippen LogP contribution in [0.4, 0.5) is 4.79 Å². The number of esters is 1. The van der Waals surface area contributed by atoms with Gasteiger partial charge in [0.05, 0.1) is 13.2 Å². The molecule has 0 rings (SSSR count). The molecule has 0 saturated heterocycles. The summed E-state index contributed by atoms with van der Waals surface area (Å²) in [6, 6.07) is 0. The molecule has 0 unspecified atom stereocenters. The molecule has 0 fully saturated rings. The molecule has 0 radical (unpaired) electrons. The second kappa shape index (κ2) is 16.1. The molecule has 0 aromatic rings. The van der Waals surface area contributed by atoms with Crippen molar-refractivity contribution in [1.82, 2.24) is 5.32 Å². The number of carbonyl (C=O) groups is 2. The largest absolute Gasteiger partial charge is 0.464 e. The third-order valence-electron chi connectivity index (χ3n) is 3.37. The molecule has 0 aliphatic heterocycles. The van der Waals surface area contributed by atoms with E-state index in [9.17, 15) is 9.59 Å². The first-order valence-electron chi connectivity index (χ1n) is 8.77. The predicted octanol–water partition coefficient (Wildman–Crippen LogP) is 4.20. The number of alkyl carbamates (subject to hydrolysis) is 1. The van der Waals surface area contributed by atoms with Crippen molar-refractivity contribution >= 4 is 12.1 Å². The van der Waals surface area contributed by atoms with Crippen molar-refractivity contribution in [1.29, 1.82) is 0 Å². The van der Waals surface area contributed by atoms with Crippen LogP contribution in [0.2, 0.25) is 0 Å². The van der Waals surface area contributed by atoms with E-state index in [4.69, 9.17) is 9.47 Å². The fourth-order valence-corrected chi connectivity index (χ4v) is 1.98. The third-order valence-corrected chi connectivity index (χ3v) is 3.37. The van der Waals surface area contributed by atoms with Gasteiger partial charge in [-0.3, -0.25) is 4.79 Å². The van der Waals surface area contributed by atoms with Crippen molar-refractivity contribution in [3.8, 4) is 0 Å². The molecule has 0 aliphatic rings. The monoisotopic (exact) mass is 315 g/mol. The van der Waals surface area contributed by atoms with Crippen LogP contribution in [-0.4, -0.2) is 31.8 Å². The summed E-state index contributed by atoms with van der Waals surface area (Å²) in [5.41, 5.74) is 0. The van der Waals surface area contributed by atoms with E-state index in [1.165, 1.54) is 38.5 Å². The summed E-state index contributed by atoms with van der Waals surface area (Å²) in [6.07, 6.45) is 10.9. The third kappa shape index (κ3) is 15.1. The van der Waals surface area contributed by atoms with Crippen LogP contribution in [-0.2, 0) is 14.3 Å². The molecule has 0 heterocycles. The molecule has 0 aliphatic carbocycles. The highest BCUT2D eigenvalue weighted by Crippen LogP contribution is 2.08. The van der Waals surface area contributed by atoms with E-state index in [0.29, 0.717) is 13.2 Å². The van der Waals surface area contributed by atoms with Crippen LogP contribution < -0.4 is 5.32 Å². The van der Waals surface area contributed by atoms with E-state index >= 15 is 0 Å². The molecule has 1 N–H and O–H groups in total. The lowest BCUT2D eigenvalue weighted by Gasteiger charge is -2.07. The molecule has 1 amide bonds. The number of ether oxygens (including phenoxy) is 2. The topological polar surface area (TPSA) is 64.6 Å². The summed E-state index contributed by atoms with van der Waals surface area (Å²) >= 11 is 0. The van der Waals surface area contributed by atoms with E-state index in [-0.39, 0.29) is 6.54 Å². The number of carbonyl (C=O) groups excluding carboxylic acids is 2. The molecule has 0 aromatic heterocycles. The fourth-order valence-electron chi connectivity index (χ4n) is 1.98. The quantitative estimate of drug-likeness (QED) is 0.385. The summed E-state index contributed by atoms with van der Waals surface area (Å²) in [5.74, 6) is -0.407. The van der Waals surface area contributed by atoms with Gasteiger partial charge < -0.3 is 14.8 Å². The van der Waals surface area contributed by atoms with Gasteiger partial charge in [0.2, 0.25) is 0 Å². The molecule has 0 saturated carbocycles. The maximum Gasteiger partial charge on any atom is 0.407 e. The van der Waals surface area contributed by atoms with Crippen LogP contribution in [0.15, 0.2) is 0 Å². The lowest BCUT2D eigenvalue weighted by Crippen LogP contribution is -2.31. The molecule has 22 heavy (non-hydrogen) atoms. The number of unbranched alkanes of at least 4 members (excludes halogenated alkanes) is 8. The highest BCUT2D eigenvalue weighted by molar-refractivity contribution is 5.77. The lowest BCUT2D eigenvalue weighted by atomic mass is 10.1. The average Bonchev–Trinajstić information content (AvgIpc) is 2.51. The van der Waals surface area contributed by atoms with Gasteiger partial charge in [0, 0.05) is 0 Å². The molecule has 0 bridgehead atoms. The van der Waals surface area contributed by atoms with Crippen molar-refractivity contribution in [2.24, 2.45) is 0 Å². The standard InChI is InChI=1S/C17H33NO4/c1-3-5-7-8-9-10-11-12-14-21-16(19)15-18-17(20)22-13-6-4-2/h3-15H2,1-2H3,(H,18,20). The van der Waals surface area contributed by atoms with Crippen LogP contribution >= 0.6 is 0 Å². The van der Waals surface area contributed by atoms with Crippen molar-refractivity contribution in [2.45, 2.75) is 78.1 Å². The lowest BCUT2D eigenvalue weighted by molar-refractivity contribution is -0.142. The number of amides is 1. The van der Waals surface area contributed by atoms with Gasteiger partial charge in [0.15, 0.2) is 0 Å². The summed E-state index contributed by atoms with van der Waals surface area (Å²) < 4.78 is 9.93. The van der Waals surface area contributed by atoms with Gasteiger partial charge in [-0.1, -0.05) is 65.2 Å². The minimum absolute atomic E-state index is 0.123. The Bertz CT molecular complexity index is 282. The van der Waals surface area contributed by atoms with E-state index in [1.807, 2.05) is 6.92 Å². The Morgan fingerprint density at radius 2 is 1.27 bits per heavy atom. The minimum Gasteiger partial charge on any atom is -0.464 e. The first kappa shape index (κ1) is 20.7. The van der Waals surface area contributed by atoms with E-state index in [0.717, 1.165) is 25.7 Å². The molecule has 5 heteroatoms. The summed E-state index contributed by atoms with van der Waals surface area (Å²) in [5, 5.41) is 2.39. The molecular formula is C17H33NO4. The average molecular weight is 315 g/mol. The van der Waals surface area contributed by atoms with Crippen LogP contribution in [0.1, 0.15) is 78.1 Å². The molecule has 5 nitrogen and oxygen atoms in total. The van der Waals surface area contributed by atoms with E-state index in [2.05, 4.69) is 12.2 Å².